The van der Waals surface area contributed by atoms with E-state index in [4.69, 9.17) is 16.7 Å². The lowest BCUT2D eigenvalue weighted by molar-refractivity contribution is 0.432. The standard InChI is InChI=1S/C13H11ClFNO2/c14-10-6-9(2-4-12(10)17)16-7-8-1-3-13(18)11(15)5-8/h1-6,16-18H,7H2. The van der Waals surface area contributed by atoms with Crippen LogP contribution in [0.1, 0.15) is 5.56 Å². The third-order valence-corrected chi connectivity index (χ3v) is 2.76. The molecule has 0 spiro atoms. The number of phenolic OH excluding ortho intramolecular Hbond substituents is 2. The van der Waals surface area contributed by atoms with Gasteiger partial charge in [-0.3, -0.25) is 0 Å². The zero-order valence-corrected chi connectivity index (χ0v) is 10.1. The average molecular weight is 268 g/mol. The Morgan fingerprint density at radius 1 is 1.06 bits per heavy atom. The Kier molecular flexibility index (Phi) is 3.58. The van der Waals surface area contributed by atoms with Gasteiger partial charge in [0.15, 0.2) is 11.6 Å². The number of phenols is 2. The van der Waals surface area contributed by atoms with Crippen LogP contribution in [0.5, 0.6) is 11.5 Å². The number of benzene rings is 2. The number of halogens is 2. The van der Waals surface area contributed by atoms with Crippen LogP contribution in [0.15, 0.2) is 36.4 Å². The Morgan fingerprint density at radius 3 is 2.44 bits per heavy atom. The molecule has 0 aliphatic rings. The van der Waals surface area contributed by atoms with Crippen LogP contribution in [-0.4, -0.2) is 10.2 Å². The molecule has 18 heavy (non-hydrogen) atoms. The highest BCUT2D eigenvalue weighted by Gasteiger charge is 2.03. The van der Waals surface area contributed by atoms with Crippen molar-refractivity contribution in [3.8, 4) is 11.5 Å². The van der Waals surface area contributed by atoms with E-state index in [1.807, 2.05) is 0 Å². The molecule has 0 saturated carbocycles. The summed E-state index contributed by atoms with van der Waals surface area (Å²) >= 11 is 5.76. The van der Waals surface area contributed by atoms with E-state index in [2.05, 4.69) is 5.32 Å². The summed E-state index contributed by atoms with van der Waals surface area (Å²) in [5.41, 5.74) is 1.40. The molecule has 2 aromatic rings. The maximum absolute atomic E-state index is 13.1. The van der Waals surface area contributed by atoms with Crippen LogP contribution in [0.4, 0.5) is 10.1 Å². The topological polar surface area (TPSA) is 52.5 Å². The Bertz CT molecular complexity index is 523. The summed E-state index contributed by atoms with van der Waals surface area (Å²) in [6.07, 6.45) is 0. The Balaban J connectivity index is 2.06. The Hall–Kier alpha value is -1.94. The van der Waals surface area contributed by atoms with Crippen molar-refractivity contribution >= 4 is 17.3 Å². The number of hydrogen-bond donors (Lipinski definition) is 3. The SMILES string of the molecule is Oc1ccc(CNc2ccc(O)c(Cl)c2)cc1F. The highest BCUT2D eigenvalue weighted by molar-refractivity contribution is 6.32. The molecule has 5 heteroatoms. The van der Waals surface area contributed by atoms with Gasteiger partial charge in [0.2, 0.25) is 0 Å². The van der Waals surface area contributed by atoms with Crippen LogP contribution in [0.25, 0.3) is 0 Å². The second kappa shape index (κ2) is 5.14. The molecule has 0 unspecified atom stereocenters. The number of nitrogens with one attached hydrogen (secondary N) is 1. The molecule has 0 aromatic heterocycles. The third-order valence-electron chi connectivity index (χ3n) is 2.46. The quantitative estimate of drug-likeness (QED) is 0.746. The van der Waals surface area contributed by atoms with Crippen LogP contribution in [-0.2, 0) is 6.54 Å². The summed E-state index contributed by atoms with van der Waals surface area (Å²) in [5, 5.41) is 21.6. The number of rotatable bonds is 3. The molecular formula is C13H11ClFNO2. The van der Waals surface area contributed by atoms with Gasteiger partial charge >= 0.3 is 0 Å². The van der Waals surface area contributed by atoms with E-state index in [-0.39, 0.29) is 16.5 Å². The lowest BCUT2D eigenvalue weighted by atomic mass is 10.2. The maximum Gasteiger partial charge on any atom is 0.165 e. The number of aromatic hydroxyl groups is 2. The summed E-state index contributed by atoms with van der Waals surface area (Å²) in [6, 6.07) is 8.89. The molecule has 2 rings (SSSR count). The molecule has 0 aliphatic carbocycles. The van der Waals surface area contributed by atoms with Crippen molar-refractivity contribution in [1.82, 2.24) is 0 Å². The molecule has 0 atom stereocenters. The molecule has 0 heterocycles. The summed E-state index contributed by atoms with van der Waals surface area (Å²) in [4.78, 5) is 0. The van der Waals surface area contributed by atoms with Crippen LogP contribution in [0.3, 0.4) is 0 Å². The van der Waals surface area contributed by atoms with Crippen LogP contribution in [0, 0.1) is 5.82 Å². The van der Waals surface area contributed by atoms with Gasteiger partial charge in [-0.1, -0.05) is 17.7 Å². The molecule has 0 amide bonds. The summed E-state index contributed by atoms with van der Waals surface area (Å²) in [6.45, 7) is 0.387. The Morgan fingerprint density at radius 2 is 1.78 bits per heavy atom. The van der Waals surface area contributed by atoms with Gasteiger partial charge in [0.25, 0.3) is 0 Å². The zero-order valence-electron chi connectivity index (χ0n) is 9.32. The fraction of sp³-hybridized carbons (Fsp3) is 0.0769. The fourth-order valence-electron chi connectivity index (χ4n) is 1.48. The van der Waals surface area contributed by atoms with Gasteiger partial charge in [0.05, 0.1) is 5.02 Å². The van der Waals surface area contributed by atoms with Crippen molar-refractivity contribution in [3.63, 3.8) is 0 Å². The van der Waals surface area contributed by atoms with Crippen molar-refractivity contribution < 1.29 is 14.6 Å². The second-order valence-electron chi connectivity index (χ2n) is 3.81. The van der Waals surface area contributed by atoms with E-state index < -0.39 is 5.82 Å². The van der Waals surface area contributed by atoms with E-state index in [0.29, 0.717) is 17.8 Å². The molecule has 0 aliphatic heterocycles. The number of anilines is 1. The average Bonchev–Trinajstić information content (AvgIpc) is 2.35. The van der Waals surface area contributed by atoms with Gasteiger partial charge in [-0.25, -0.2) is 4.39 Å². The van der Waals surface area contributed by atoms with Crippen LogP contribution in [0.2, 0.25) is 5.02 Å². The van der Waals surface area contributed by atoms with Gasteiger partial charge in [-0.2, -0.15) is 0 Å². The zero-order chi connectivity index (χ0) is 13.1. The highest BCUT2D eigenvalue weighted by atomic mass is 35.5. The van der Waals surface area contributed by atoms with Crippen LogP contribution < -0.4 is 5.32 Å². The van der Waals surface area contributed by atoms with Crippen molar-refractivity contribution in [2.24, 2.45) is 0 Å². The van der Waals surface area contributed by atoms with Gasteiger partial charge in [-0.05, 0) is 35.9 Å². The van der Waals surface area contributed by atoms with Gasteiger partial charge in [-0.15, -0.1) is 0 Å². The minimum atomic E-state index is -0.655. The Labute approximate surface area is 108 Å². The van der Waals surface area contributed by atoms with Crippen molar-refractivity contribution in [1.29, 1.82) is 0 Å². The first kappa shape index (κ1) is 12.5. The molecule has 0 bridgehead atoms. The van der Waals surface area contributed by atoms with Gasteiger partial charge in [0.1, 0.15) is 5.75 Å². The molecule has 0 saturated heterocycles. The second-order valence-corrected chi connectivity index (χ2v) is 4.21. The van der Waals surface area contributed by atoms with E-state index in [9.17, 15) is 9.50 Å². The lowest BCUT2D eigenvalue weighted by Crippen LogP contribution is -1.99. The maximum atomic E-state index is 13.1. The largest absolute Gasteiger partial charge is 0.506 e. The summed E-state index contributed by atoms with van der Waals surface area (Å²) < 4.78 is 13.1. The van der Waals surface area contributed by atoms with E-state index in [0.717, 1.165) is 0 Å². The smallest absolute Gasteiger partial charge is 0.165 e. The van der Waals surface area contributed by atoms with Crippen molar-refractivity contribution in [2.45, 2.75) is 6.54 Å². The van der Waals surface area contributed by atoms with Gasteiger partial charge in [0, 0.05) is 12.2 Å². The van der Waals surface area contributed by atoms with E-state index in [1.54, 1.807) is 18.2 Å². The first-order chi connectivity index (χ1) is 8.56. The third kappa shape index (κ3) is 2.84. The summed E-state index contributed by atoms with van der Waals surface area (Å²) in [7, 11) is 0. The predicted molar refractivity (Wildman–Crippen MR) is 68.5 cm³/mol. The summed E-state index contributed by atoms with van der Waals surface area (Å²) in [5.74, 6) is -1.01. The first-order valence-electron chi connectivity index (χ1n) is 5.26. The van der Waals surface area contributed by atoms with Gasteiger partial charge < -0.3 is 15.5 Å². The molecule has 94 valence electrons. The van der Waals surface area contributed by atoms with E-state index in [1.165, 1.54) is 18.2 Å². The predicted octanol–water partition coefficient (Wildman–Crippen LogP) is 3.50. The van der Waals surface area contributed by atoms with Crippen molar-refractivity contribution in [2.75, 3.05) is 5.32 Å². The lowest BCUT2D eigenvalue weighted by Gasteiger charge is -2.08. The van der Waals surface area contributed by atoms with Crippen LogP contribution >= 0.6 is 11.6 Å². The molecule has 2 aromatic carbocycles. The monoisotopic (exact) mass is 267 g/mol. The minimum Gasteiger partial charge on any atom is -0.506 e. The highest BCUT2D eigenvalue weighted by Crippen LogP contribution is 2.26. The minimum absolute atomic E-state index is 0.0119. The molecular weight excluding hydrogens is 257 g/mol. The normalized spacial score (nSPS) is 10.3. The molecule has 3 N–H and O–H groups in total. The van der Waals surface area contributed by atoms with Crippen molar-refractivity contribution in [3.05, 3.63) is 52.8 Å². The molecule has 0 radical (unpaired) electrons. The fourth-order valence-corrected chi connectivity index (χ4v) is 1.66. The van der Waals surface area contributed by atoms with E-state index >= 15 is 0 Å². The molecule has 0 fully saturated rings. The number of hydrogen-bond acceptors (Lipinski definition) is 3. The first-order valence-corrected chi connectivity index (χ1v) is 5.64. The molecule has 3 nitrogen and oxygen atoms in total.